The van der Waals surface area contributed by atoms with Gasteiger partial charge in [0.05, 0.1) is 6.04 Å². The molecule has 2 aromatic rings. The van der Waals surface area contributed by atoms with Crippen LogP contribution in [0, 0.1) is 0 Å². The first-order chi connectivity index (χ1) is 16.3. The van der Waals surface area contributed by atoms with Gasteiger partial charge in [0.15, 0.2) is 6.10 Å². The molecule has 1 aliphatic carbocycles. The van der Waals surface area contributed by atoms with Gasteiger partial charge in [0.25, 0.3) is 5.91 Å². The Morgan fingerprint density at radius 1 is 1.09 bits per heavy atom. The Morgan fingerprint density at radius 3 is 2.24 bits per heavy atom. The molecule has 0 spiro atoms. The van der Waals surface area contributed by atoms with Crippen molar-refractivity contribution in [2.24, 2.45) is 0 Å². The summed E-state index contributed by atoms with van der Waals surface area (Å²) in [5, 5.41) is 12.3. The van der Waals surface area contributed by atoms with Gasteiger partial charge in [-0.15, -0.1) is 0 Å². The summed E-state index contributed by atoms with van der Waals surface area (Å²) in [5.74, 6) is -1.64. The molecule has 2 aromatic carbocycles. The average Bonchev–Trinajstić information content (AvgIpc) is 3.40. The number of hydrogen-bond donors (Lipinski definition) is 2. The van der Waals surface area contributed by atoms with Crippen LogP contribution in [0.4, 0.5) is 4.79 Å². The van der Waals surface area contributed by atoms with Gasteiger partial charge < -0.3 is 24.8 Å². The fourth-order valence-electron chi connectivity index (χ4n) is 4.87. The Balaban J connectivity index is 1.41. The molecule has 0 unspecified atom stereocenters. The summed E-state index contributed by atoms with van der Waals surface area (Å²) in [5.41, 5.74) is 3.11. The molecule has 2 N–H and O–H groups in total. The molecule has 1 fully saturated rings. The van der Waals surface area contributed by atoms with Gasteiger partial charge in [-0.1, -0.05) is 48.5 Å². The standard InChI is InChI=1S/C26H30N2O6/c1-4-28(26(2,3)24(30)31)23(29)22-21(13-14-33-22)27-25(32)34-15-20-18-11-7-5-9-16(18)17-10-6-8-12-19(17)20/h5-12,20-22H,4,13-15H2,1-3H3,(H,27,32)(H,30,31)/t21-,22+/m1/s1. The molecule has 0 bridgehead atoms. The second-order valence-corrected chi connectivity index (χ2v) is 9.10. The molecule has 8 nitrogen and oxygen atoms in total. The van der Waals surface area contributed by atoms with E-state index < -0.39 is 35.7 Å². The summed E-state index contributed by atoms with van der Waals surface area (Å²) in [7, 11) is 0. The number of benzene rings is 2. The molecule has 4 rings (SSSR count). The third kappa shape index (κ3) is 4.25. The zero-order valence-corrected chi connectivity index (χ0v) is 19.6. The molecule has 0 radical (unpaired) electrons. The molecular weight excluding hydrogens is 436 g/mol. The molecule has 34 heavy (non-hydrogen) atoms. The summed E-state index contributed by atoms with van der Waals surface area (Å²) in [6.45, 7) is 5.31. The number of aliphatic carboxylic acids is 1. The molecule has 0 saturated carbocycles. The molecule has 0 aromatic heterocycles. The van der Waals surface area contributed by atoms with E-state index in [-0.39, 0.29) is 25.7 Å². The van der Waals surface area contributed by atoms with E-state index in [2.05, 4.69) is 17.4 Å². The fraction of sp³-hybridized carbons (Fsp3) is 0.423. The van der Waals surface area contributed by atoms with E-state index in [9.17, 15) is 19.5 Å². The van der Waals surface area contributed by atoms with Crippen molar-refractivity contribution < 1.29 is 29.0 Å². The number of ether oxygens (including phenoxy) is 2. The minimum Gasteiger partial charge on any atom is -0.480 e. The third-order valence-corrected chi connectivity index (χ3v) is 6.76. The molecular formula is C26H30N2O6. The molecule has 180 valence electrons. The minimum absolute atomic E-state index is 0.0673. The molecule has 1 saturated heterocycles. The quantitative estimate of drug-likeness (QED) is 0.648. The number of likely N-dealkylation sites (N-methyl/N-ethyl adjacent to an activating group) is 1. The van der Waals surface area contributed by atoms with Crippen LogP contribution >= 0.6 is 0 Å². The van der Waals surface area contributed by atoms with E-state index in [1.54, 1.807) is 6.92 Å². The number of amides is 2. The van der Waals surface area contributed by atoms with E-state index in [0.29, 0.717) is 6.42 Å². The zero-order valence-electron chi connectivity index (χ0n) is 19.6. The van der Waals surface area contributed by atoms with Gasteiger partial charge in [-0.3, -0.25) is 4.79 Å². The highest BCUT2D eigenvalue weighted by Gasteiger charge is 2.44. The van der Waals surface area contributed by atoms with Crippen molar-refractivity contribution >= 4 is 18.0 Å². The first-order valence-electron chi connectivity index (χ1n) is 11.5. The lowest BCUT2D eigenvalue weighted by molar-refractivity contribution is -0.161. The van der Waals surface area contributed by atoms with Crippen molar-refractivity contribution in [3.8, 4) is 11.1 Å². The van der Waals surface area contributed by atoms with Crippen molar-refractivity contribution in [2.75, 3.05) is 19.8 Å². The fourth-order valence-corrected chi connectivity index (χ4v) is 4.87. The number of fused-ring (bicyclic) bond motifs is 3. The lowest BCUT2D eigenvalue weighted by Gasteiger charge is -2.36. The van der Waals surface area contributed by atoms with E-state index in [1.807, 2.05) is 36.4 Å². The van der Waals surface area contributed by atoms with Gasteiger partial charge in [0.2, 0.25) is 0 Å². The van der Waals surface area contributed by atoms with Gasteiger partial charge in [-0.2, -0.15) is 0 Å². The topological polar surface area (TPSA) is 105 Å². The first-order valence-corrected chi connectivity index (χ1v) is 11.5. The minimum atomic E-state index is -1.40. The summed E-state index contributed by atoms with van der Waals surface area (Å²) >= 11 is 0. The van der Waals surface area contributed by atoms with Crippen LogP contribution < -0.4 is 5.32 Å². The van der Waals surface area contributed by atoms with E-state index in [0.717, 1.165) is 22.3 Å². The van der Waals surface area contributed by atoms with Crippen LogP contribution in [0.1, 0.15) is 44.2 Å². The van der Waals surface area contributed by atoms with Gasteiger partial charge in [0, 0.05) is 19.1 Å². The Morgan fingerprint density at radius 2 is 1.68 bits per heavy atom. The summed E-state index contributed by atoms with van der Waals surface area (Å²) in [6.07, 6.45) is -1.15. The third-order valence-electron chi connectivity index (χ3n) is 6.76. The number of nitrogens with zero attached hydrogens (tertiary/aromatic N) is 1. The number of carboxylic acids is 1. The lowest BCUT2D eigenvalue weighted by atomic mass is 9.98. The SMILES string of the molecule is CCN(C(=O)[C@H]1OCC[C@H]1NC(=O)OCC1c2ccccc2-c2ccccc21)C(C)(C)C(=O)O. The van der Waals surface area contributed by atoms with Crippen LogP contribution in [-0.2, 0) is 19.1 Å². The summed E-state index contributed by atoms with van der Waals surface area (Å²) < 4.78 is 11.2. The van der Waals surface area contributed by atoms with Crippen molar-refractivity contribution in [2.45, 2.75) is 50.8 Å². The number of carbonyl (C=O) groups is 3. The highest BCUT2D eigenvalue weighted by atomic mass is 16.6. The van der Waals surface area contributed by atoms with Gasteiger partial charge >= 0.3 is 12.1 Å². The number of rotatable bonds is 7. The predicted molar refractivity (Wildman–Crippen MR) is 125 cm³/mol. The number of alkyl carbamates (subject to hydrolysis) is 1. The van der Waals surface area contributed by atoms with Crippen LogP contribution in [0.5, 0.6) is 0 Å². The van der Waals surface area contributed by atoms with Crippen LogP contribution in [0.2, 0.25) is 0 Å². The second-order valence-electron chi connectivity index (χ2n) is 9.10. The molecule has 8 heteroatoms. The van der Waals surface area contributed by atoms with Gasteiger partial charge in [0.1, 0.15) is 12.1 Å². The predicted octanol–water partition coefficient (Wildman–Crippen LogP) is 3.39. The summed E-state index contributed by atoms with van der Waals surface area (Å²) in [6, 6.07) is 15.6. The van der Waals surface area contributed by atoms with Gasteiger partial charge in [-0.25, -0.2) is 9.59 Å². The second kappa shape index (κ2) is 9.46. The van der Waals surface area contributed by atoms with Crippen molar-refractivity contribution in [3.05, 3.63) is 59.7 Å². The van der Waals surface area contributed by atoms with Crippen LogP contribution in [0.3, 0.4) is 0 Å². The number of nitrogens with one attached hydrogen (secondary N) is 1. The Labute approximate surface area is 198 Å². The highest BCUT2D eigenvalue weighted by Crippen LogP contribution is 2.44. The van der Waals surface area contributed by atoms with E-state index in [4.69, 9.17) is 9.47 Å². The normalized spacial score (nSPS) is 19.3. The summed E-state index contributed by atoms with van der Waals surface area (Å²) in [4.78, 5) is 38.7. The van der Waals surface area contributed by atoms with Gasteiger partial charge in [-0.05, 0) is 49.4 Å². The number of hydrogen-bond acceptors (Lipinski definition) is 5. The molecule has 2 atom stereocenters. The van der Waals surface area contributed by atoms with Crippen LogP contribution in [0.15, 0.2) is 48.5 Å². The van der Waals surface area contributed by atoms with Crippen LogP contribution in [-0.4, -0.2) is 65.4 Å². The number of carboxylic acid groups (broad SMARTS) is 1. The lowest BCUT2D eigenvalue weighted by Crippen LogP contribution is -2.58. The monoisotopic (exact) mass is 466 g/mol. The maximum Gasteiger partial charge on any atom is 0.407 e. The largest absolute Gasteiger partial charge is 0.480 e. The first kappa shape index (κ1) is 23.8. The molecule has 1 heterocycles. The van der Waals surface area contributed by atoms with Crippen molar-refractivity contribution in [1.82, 2.24) is 10.2 Å². The zero-order chi connectivity index (χ0) is 24.5. The molecule has 2 amide bonds. The average molecular weight is 467 g/mol. The smallest absolute Gasteiger partial charge is 0.407 e. The maximum atomic E-state index is 13.1. The van der Waals surface area contributed by atoms with E-state index in [1.165, 1.54) is 18.7 Å². The molecule has 1 aliphatic heterocycles. The van der Waals surface area contributed by atoms with Crippen molar-refractivity contribution in [1.29, 1.82) is 0 Å². The van der Waals surface area contributed by atoms with Crippen molar-refractivity contribution in [3.63, 3.8) is 0 Å². The maximum absolute atomic E-state index is 13.1. The Bertz CT molecular complexity index is 1050. The number of carbonyl (C=O) groups excluding carboxylic acids is 2. The Hall–Kier alpha value is -3.39. The van der Waals surface area contributed by atoms with Crippen LogP contribution in [0.25, 0.3) is 11.1 Å². The highest BCUT2D eigenvalue weighted by molar-refractivity contribution is 5.89. The Kier molecular flexibility index (Phi) is 6.61. The van der Waals surface area contributed by atoms with E-state index >= 15 is 0 Å². The molecule has 2 aliphatic rings.